The van der Waals surface area contributed by atoms with E-state index in [0.717, 1.165) is 5.56 Å². The molecule has 1 amide bonds. The molecule has 2 aromatic carbocycles. The Morgan fingerprint density at radius 1 is 1.27 bits per heavy atom. The van der Waals surface area contributed by atoms with Crippen molar-refractivity contribution < 1.29 is 13.9 Å². The van der Waals surface area contributed by atoms with Gasteiger partial charge in [-0.2, -0.15) is 5.26 Å². The average Bonchev–Trinajstić information content (AvgIpc) is 2.81. The number of carbonyl (C=O) groups excluding carboxylic acids is 1. The number of amides is 1. The molecule has 5 heteroatoms. The molecule has 110 valence electrons. The van der Waals surface area contributed by atoms with Gasteiger partial charge >= 0.3 is 0 Å². The van der Waals surface area contributed by atoms with E-state index in [0.29, 0.717) is 16.9 Å². The monoisotopic (exact) mass is 296 g/mol. The van der Waals surface area contributed by atoms with Gasteiger partial charge in [0.25, 0.3) is 5.91 Å². The van der Waals surface area contributed by atoms with Gasteiger partial charge in [0.1, 0.15) is 17.6 Å². The Bertz CT molecular complexity index is 765. The van der Waals surface area contributed by atoms with Crippen LogP contribution in [0.5, 0.6) is 5.75 Å². The number of nitriles is 1. The highest BCUT2D eigenvalue weighted by Crippen LogP contribution is 2.38. The summed E-state index contributed by atoms with van der Waals surface area (Å²) in [5.74, 6) is -0.119. The summed E-state index contributed by atoms with van der Waals surface area (Å²) in [5, 5.41) is 9.44. The van der Waals surface area contributed by atoms with Gasteiger partial charge in [-0.1, -0.05) is 24.3 Å². The van der Waals surface area contributed by atoms with Crippen molar-refractivity contribution in [3.8, 4) is 11.8 Å². The van der Waals surface area contributed by atoms with E-state index in [4.69, 9.17) is 4.74 Å². The normalized spacial score (nSPS) is 16.3. The lowest BCUT2D eigenvalue weighted by molar-refractivity contribution is 0.0742. The molecule has 0 aliphatic carbocycles. The van der Waals surface area contributed by atoms with Gasteiger partial charge in [-0.25, -0.2) is 4.39 Å². The number of methoxy groups -OCH3 is 1. The predicted molar refractivity (Wildman–Crippen MR) is 77.6 cm³/mol. The zero-order valence-corrected chi connectivity index (χ0v) is 11.9. The van der Waals surface area contributed by atoms with Crippen LogP contribution < -0.4 is 4.74 Å². The first kappa shape index (κ1) is 14.1. The topological polar surface area (TPSA) is 53.3 Å². The Balaban J connectivity index is 1.98. The maximum absolute atomic E-state index is 13.0. The maximum atomic E-state index is 13.0. The Morgan fingerprint density at radius 2 is 2.00 bits per heavy atom. The fourth-order valence-electron chi connectivity index (χ4n) is 2.69. The molecule has 22 heavy (non-hydrogen) atoms. The second kappa shape index (κ2) is 5.49. The SMILES string of the molecule is COc1cccc2c1C(=O)N(Cc1ccc(F)cc1)C2C#N. The number of hydrogen-bond donors (Lipinski definition) is 0. The number of carbonyl (C=O) groups is 1. The van der Waals surface area contributed by atoms with Crippen LogP contribution >= 0.6 is 0 Å². The van der Waals surface area contributed by atoms with Crippen LogP contribution in [0.2, 0.25) is 0 Å². The molecule has 3 rings (SSSR count). The molecule has 2 aromatic rings. The molecule has 0 saturated heterocycles. The first-order valence-electron chi connectivity index (χ1n) is 6.77. The molecule has 1 atom stereocenters. The summed E-state index contributed by atoms with van der Waals surface area (Å²) in [6.07, 6.45) is 0. The highest BCUT2D eigenvalue weighted by atomic mass is 19.1. The van der Waals surface area contributed by atoms with Crippen molar-refractivity contribution in [3.63, 3.8) is 0 Å². The molecule has 0 aromatic heterocycles. The summed E-state index contributed by atoms with van der Waals surface area (Å²) in [7, 11) is 1.49. The summed E-state index contributed by atoms with van der Waals surface area (Å²) in [6.45, 7) is 0.245. The molecule has 0 radical (unpaired) electrons. The molecule has 1 aliphatic heterocycles. The molecule has 0 fully saturated rings. The molecular formula is C17H13FN2O2. The van der Waals surface area contributed by atoms with E-state index in [1.165, 1.54) is 24.1 Å². The number of halogens is 1. The molecule has 0 spiro atoms. The lowest BCUT2D eigenvalue weighted by Crippen LogP contribution is -2.27. The molecule has 4 nitrogen and oxygen atoms in total. The van der Waals surface area contributed by atoms with Crippen molar-refractivity contribution in [3.05, 3.63) is 65.0 Å². The fourth-order valence-corrected chi connectivity index (χ4v) is 2.69. The Morgan fingerprint density at radius 3 is 2.64 bits per heavy atom. The number of ether oxygens (including phenoxy) is 1. The number of hydrogen-bond acceptors (Lipinski definition) is 3. The van der Waals surface area contributed by atoms with Crippen molar-refractivity contribution >= 4 is 5.91 Å². The Kier molecular flexibility index (Phi) is 3.51. The lowest BCUT2D eigenvalue weighted by atomic mass is 10.0. The number of benzene rings is 2. The quantitative estimate of drug-likeness (QED) is 0.874. The highest BCUT2D eigenvalue weighted by Gasteiger charge is 2.38. The minimum absolute atomic E-state index is 0.245. The van der Waals surface area contributed by atoms with Gasteiger partial charge in [-0.15, -0.1) is 0 Å². The first-order valence-corrected chi connectivity index (χ1v) is 6.77. The van der Waals surface area contributed by atoms with Crippen molar-refractivity contribution in [1.29, 1.82) is 5.26 Å². The fraction of sp³-hybridized carbons (Fsp3) is 0.176. The van der Waals surface area contributed by atoms with Gasteiger partial charge in [-0.05, 0) is 23.8 Å². The molecular weight excluding hydrogens is 283 g/mol. The molecule has 1 heterocycles. The first-order chi connectivity index (χ1) is 10.7. The molecule has 1 aliphatic rings. The molecule has 0 N–H and O–H groups in total. The minimum atomic E-state index is -0.664. The van der Waals surface area contributed by atoms with Crippen molar-refractivity contribution in [2.75, 3.05) is 7.11 Å². The molecule has 0 saturated carbocycles. The van der Waals surface area contributed by atoms with E-state index >= 15 is 0 Å². The zero-order valence-electron chi connectivity index (χ0n) is 11.9. The van der Waals surface area contributed by atoms with Gasteiger partial charge in [-0.3, -0.25) is 4.79 Å². The van der Waals surface area contributed by atoms with Gasteiger partial charge in [0.05, 0.1) is 18.7 Å². The average molecular weight is 296 g/mol. The highest BCUT2D eigenvalue weighted by molar-refractivity contribution is 6.02. The van der Waals surface area contributed by atoms with Crippen LogP contribution in [0.1, 0.15) is 27.5 Å². The molecule has 0 bridgehead atoms. The maximum Gasteiger partial charge on any atom is 0.259 e. The Labute approximate surface area is 127 Å². The second-order valence-electron chi connectivity index (χ2n) is 5.02. The summed E-state index contributed by atoms with van der Waals surface area (Å²) in [5.41, 5.74) is 1.84. The van der Waals surface area contributed by atoms with E-state index in [-0.39, 0.29) is 18.3 Å². The second-order valence-corrected chi connectivity index (χ2v) is 5.02. The summed E-state index contributed by atoms with van der Waals surface area (Å²) >= 11 is 0. The standard InChI is InChI=1S/C17H13FN2O2/c1-22-15-4-2-3-13-14(9-19)20(17(21)16(13)15)10-11-5-7-12(18)8-6-11/h2-8,14H,10H2,1H3. The van der Waals surface area contributed by atoms with Gasteiger partial charge in [0.2, 0.25) is 0 Å². The van der Waals surface area contributed by atoms with Crippen LogP contribution in [-0.4, -0.2) is 17.9 Å². The van der Waals surface area contributed by atoms with Gasteiger partial charge < -0.3 is 9.64 Å². The van der Waals surface area contributed by atoms with Crippen LogP contribution in [0.3, 0.4) is 0 Å². The minimum Gasteiger partial charge on any atom is -0.496 e. The van der Waals surface area contributed by atoms with Crippen molar-refractivity contribution in [1.82, 2.24) is 4.90 Å². The lowest BCUT2D eigenvalue weighted by Gasteiger charge is -2.20. The van der Waals surface area contributed by atoms with E-state index < -0.39 is 6.04 Å². The van der Waals surface area contributed by atoms with Gasteiger partial charge in [0.15, 0.2) is 0 Å². The van der Waals surface area contributed by atoms with Crippen LogP contribution in [-0.2, 0) is 6.54 Å². The van der Waals surface area contributed by atoms with Crippen LogP contribution in [0.4, 0.5) is 4.39 Å². The summed E-state index contributed by atoms with van der Waals surface area (Å²) in [6, 6.07) is 12.6. The van der Waals surface area contributed by atoms with Gasteiger partial charge in [0, 0.05) is 12.1 Å². The third-order valence-corrected chi connectivity index (χ3v) is 3.75. The molecule has 1 unspecified atom stereocenters. The number of rotatable bonds is 3. The number of fused-ring (bicyclic) bond motifs is 1. The van der Waals surface area contributed by atoms with E-state index in [1.807, 2.05) is 0 Å². The van der Waals surface area contributed by atoms with E-state index in [1.54, 1.807) is 30.3 Å². The van der Waals surface area contributed by atoms with Crippen molar-refractivity contribution in [2.24, 2.45) is 0 Å². The van der Waals surface area contributed by atoms with Crippen LogP contribution in [0, 0.1) is 17.1 Å². The van der Waals surface area contributed by atoms with E-state index in [2.05, 4.69) is 6.07 Å². The zero-order chi connectivity index (χ0) is 15.7. The summed E-state index contributed by atoms with van der Waals surface area (Å²) in [4.78, 5) is 14.1. The van der Waals surface area contributed by atoms with E-state index in [9.17, 15) is 14.4 Å². The number of nitrogens with zero attached hydrogens (tertiary/aromatic N) is 2. The largest absolute Gasteiger partial charge is 0.496 e. The van der Waals surface area contributed by atoms with Crippen molar-refractivity contribution in [2.45, 2.75) is 12.6 Å². The van der Waals surface area contributed by atoms with Crippen LogP contribution in [0.15, 0.2) is 42.5 Å². The predicted octanol–water partition coefficient (Wildman–Crippen LogP) is 3.05. The smallest absolute Gasteiger partial charge is 0.259 e. The van der Waals surface area contributed by atoms with Crippen LogP contribution in [0.25, 0.3) is 0 Å². The Hall–Kier alpha value is -2.87. The summed E-state index contributed by atoms with van der Waals surface area (Å²) < 4.78 is 18.2. The third-order valence-electron chi connectivity index (χ3n) is 3.75. The third kappa shape index (κ3) is 2.19.